The first kappa shape index (κ1) is 15.6. The molecule has 1 unspecified atom stereocenters. The number of aliphatic hydroxyl groups is 1. The molecule has 4 heteroatoms. The molecule has 0 saturated heterocycles. The van der Waals surface area contributed by atoms with Crippen LogP contribution in [0.25, 0.3) is 10.9 Å². The summed E-state index contributed by atoms with van der Waals surface area (Å²) >= 11 is 0. The van der Waals surface area contributed by atoms with Gasteiger partial charge in [0.2, 0.25) is 5.91 Å². The van der Waals surface area contributed by atoms with E-state index in [1.807, 2.05) is 18.3 Å². The molecule has 1 amide bonds. The Morgan fingerprint density at radius 1 is 1.29 bits per heavy atom. The molecule has 0 aliphatic rings. The second kappa shape index (κ2) is 7.27. The van der Waals surface area contributed by atoms with Crippen molar-refractivity contribution >= 4 is 16.8 Å². The Bertz CT molecular complexity index is 589. The average molecular weight is 288 g/mol. The van der Waals surface area contributed by atoms with Crippen LogP contribution < -0.4 is 5.32 Å². The largest absolute Gasteiger partial charge is 0.391 e. The molecule has 0 aliphatic carbocycles. The number of carbonyl (C=O) groups excluding carboxylic acids is 1. The van der Waals surface area contributed by atoms with Crippen LogP contribution in [0.1, 0.15) is 26.7 Å². The van der Waals surface area contributed by atoms with Crippen LogP contribution in [0.3, 0.4) is 0 Å². The second-order valence-corrected chi connectivity index (χ2v) is 5.91. The van der Waals surface area contributed by atoms with Crippen molar-refractivity contribution in [3.8, 4) is 0 Å². The van der Waals surface area contributed by atoms with Gasteiger partial charge in [-0.25, -0.2) is 0 Å². The van der Waals surface area contributed by atoms with E-state index in [0.29, 0.717) is 31.8 Å². The van der Waals surface area contributed by atoms with E-state index in [1.165, 1.54) is 5.39 Å². The number of hydrogen-bond acceptors (Lipinski definition) is 2. The first-order chi connectivity index (χ1) is 10.1. The van der Waals surface area contributed by atoms with Crippen LogP contribution in [-0.2, 0) is 11.3 Å². The molecule has 2 aromatic rings. The molecule has 0 bridgehead atoms. The summed E-state index contributed by atoms with van der Waals surface area (Å²) < 4.78 is 2.08. The van der Waals surface area contributed by atoms with E-state index in [0.717, 1.165) is 5.52 Å². The Kier molecular flexibility index (Phi) is 5.39. The van der Waals surface area contributed by atoms with Crippen molar-refractivity contribution in [3.05, 3.63) is 36.5 Å². The Balaban J connectivity index is 1.79. The Morgan fingerprint density at radius 3 is 2.81 bits per heavy atom. The number of carbonyl (C=O) groups is 1. The van der Waals surface area contributed by atoms with Gasteiger partial charge >= 0.3 is 0 Å². The van der Waals surface area contributed by atoms with Crippen molar-refractivity contribution in [2.45, 2.75) is 39.3 Å². The van der Waals surface area contributed by atoms with Gasteiger partial charge in [-0.3, -0.25) is 4.79 Å². The normalized spacial score (nSPS) is 12.8. The van der Waals surface area contributed by atoms with Crippen LogP contribution in [0, 0.1) is 5.92 Å². The highest BCUT2D eigenvalue weighted by Crippen LogP contribution is 2.15. The van der Waals surface area contributed by atoms with Gasteiger partial charge in [-0.2, -0.15) is 0 Å². The van der Waals surface area contributed by atoms with Crippen LogP contribution in [0.5, 0.6) is 0 Å². The molecule has 1 aromatic heterocycles. The second-order valence-electron chi connectivity index (χ2n) is 5.91. The molecule has 2 N–H and O–H groups in total. The Hall–Kier alpha value is -1.81. The summed E-state index contributed by atoms with van der Waals surface area (Å²) in [7, 11) is 0. The predicted molar refractivity (Wildman–Crippen MR) is 85.0 cm³/mol. The minimum atomic E-state index is -0.457. The maximum absolute atomic E-state index is 11.8. The topological polar surface area (TPSA) is 54.3 Å². The maximum Gasteiger partial charge on any atom is 0.221 e. The number of aliphatic hydroxyl groups excluding tert-OH is 1. The lowest BCUT2D eigenvalue weighted by Gasteiger charge is -2.14. The lowest BCUT2D eigenvalue weighted by atomic mass is 10.1. The predicted octanol–water partition coefficient (Wildman–Crippen LogP) is 2.55. The summed E-state index contributed by atoms with van der Waals surface area (Å²) in [5, 5.41) is 13.7. The minimum absolute atomic E-state index is 0.0180. The summed E-state index contributed by atoms with van der Waals surface area (Å²) in [5.41, 5.74) is 1.14. The van der Waals surface area contributed by atoms with E-state index >= 15 is 0 Å². The van der Waals surface area contributed by atoms with Gasteiger partial charge in [0, 0.05) is 31.2 Å². The highest BCUT2D eigenvalue weighted by molar-refractivity contribution is 5.80. The molecular weight excluding hydrogens is 264 g/mol. The van der Waals surface area contributed by atoms with Gasteiger partial charge in [-0.05, 0) is 29.9 Å². The number of benzene rings is 1. The van der Waals surface area contributed by atoms with E-state index in [2.05, 4.69) is 41.9 Å². The molecule has 0 saturated carbocycles. The van der Waals surface area contributed by atoms with Gasteiger partial charge in [0.15, 0.2) is 0 Å². The van der Waals surface area contributed by atoms with Gasteiger partial charge in [0.25, 0.3) is 0 Å². The van der Waals surface area contributed by atoms with Crippen LogP contribution in [0.15, 0.2) is 36.5 Å². The van der Waals surface area contributed by atoms with E-state index in [-0.39, 0.29) is 5.91 Å². The third-order valence-corrected chi connectivity index (χ3v) is 3.54. The van der Waals surface area contributed by atoms with Gasteiger partial charge in [-0.1, -0.05) is 32.0 Å². The number of nitrogens with one attached hydrogen (secondary N) is 1. The Labute approximate surface area is 125 Å². The van der Waals surface area contributed by atoms with Crippen molar-refractivity contribution in [1.29, 1.82) is 0 Å². The fourth-order valence-electron chi connectivity index (χ4n) is 2.51. The zero-order chi connectivity index (χ0) is 15.2. The zero-order valence-corrected chi connectivity index (χ0v) is 12.7. The minimum Gasteiger partial charge on any atom is -0.391 e. The van der Waals surface area contributed by atoms with E-state index in [4.69, 9.17) is 0 Å². The summed E-state index contributed by atoms with van der Waals surface area (Å²) in [6.07, 6.45) is 2.68. The van der Waals surface area contributed by atoms with Crippen molar-refractivity contribution in [2.75, 3.05) is 6.54 Å². The van der Waals surface area contributed by atoms with Gasteiger partial charge in [0.05, 0.1) is 6.10 Å². The summed E-state index contributed by atoms with van der Waals surface area (Å²) in [4.78, 5) is 11.8. The summed E-state index contributed by atoms with van der Waals surface area (Å²) in [6, 6.07) is 10.2. The quantitative estimate of drug-likeness (QED) is 0.822. The Morgan fingerprint density at radius 2 is 2.05 bits per heavy atom. The standard InChI is InChI=1S/C17H24N2O2/c1-13(2)11-15(20)12-18-17(21)8-10-19-9-7-14-5-3-4-6-16(14)19/h3-7,9,13,15,20H,8,10-12H2,1-2H3,(H,18,21). The number of aryl methyl sites for hydroxylation is 1. The van der Waals surface area contributed by atoms with Crippen LogP contribution >= 0.6 is 0 Å². The lowest BCUT2D eigenvalue weighted by molar-refractivity contribution is -0.121. The summed E-state index contributed by atoms with van der Waals surface area (Å²) in [5.74, 6) is 0.415. The molecule has 0 aliphatic heterocycles. The van der Waals surface area contributed by atoms with Crippen LogP contribution in [0.4, 0.5) is 0 Å². The molecule has 4 nitrogen and oxygen atoms in total. The maximum atomic E-state index is 11.8. The molecule has 1 atom stereocenters. The molecule has 1 heterocycles. The first-order valence-corrected chi connectivity index (χ1v) is 7.55. The third-order valence-electron chi connectivity index (χ3n) is 3.54. The smallest absolute Gasteiger partial charge is 0.221 e. The third kappa shape index (κ3) is 4.60. The summed E-state index contributed by atoms with van der Waals surface area (Å²) in [6.45, 7) is 5.10. The fraction of sp³-hybridized carbons (Fsp3) is 0.471. The van der Waals surface area contributed by atoms with Crippen LogP contribution in [-0.4, -0.2) is 28.2 Å². The monoisotopic (exact) mass is 288 g/mol. The number of para-hydroxylation sites is 1. The van der Waals surface area contributed by atoms with Crippen LogP contribution in [0.2, 0.25) is 0 Å². The van der Waals surface area contributed by atoms with E-state index < -0.39 is 6.10 Å². The number of nitrogens with zero attached hydrogens (tertiary/aromatic N) is 1. The van der Waals surface area contributed by atoms with Crippen molar-refractivity contribution in [1.82, 2.24) is 9.88 Å². The molecule has 21 heavy (non-hydrogen) atoms. The number of fused-ring (bicyclic) bond motifs is 1. The highest BCUT2D eigenvalue weighted by atomic mass is 16.3. The van der Waals surface area contributed by atoms with Crippen molar-refractivity contribution in [2.24, 2.45) is 5.92 Å². The molecular formula is C17H24N2O2. The van der Waals surface area contributed by atoms with Crippen molar-refractivity contribution in [3.63, 3.8) is 0 Å². The molecule has 0 spiro atoms. The van der Waals surface area contributed by atoms with Crippen molar-refractivity contribution < 1.29 is 9.90 Å². The first-order valence-electron chi connectivity index (χ1n) is 7.55. The fourth-order valence-corrected chi connectivity index (χ4v) is 2.51. The number of rotatable bonds is 7. The van der Waals surface area contributed by atoms with E-state index in [9.17, 15) is 9.90 Å². The average Bonchev–Trinajstić information content (AvgIpc) is 2.85. The van der Waals surface area contributed by atoms with E-state index in [1.54, 1.807) is 0 Å². The SMILES string of the molecule is CC(C)CC(O)CNC(=O)CCn1ccc2ccccc21. The zero-order valence-electron chi connectivity index (χ0n) is 12.7. The number of hydrogen-bond donors (Lipinski definition) is 2. The molecule has 1 aromatic carbocycles. The lowest BCUT2D eigenvalue weighted by Crippen LogP contribution is -2.33. The molecule has 0 radical (unpaired) electrons. The highest BCUT2D eigenvalue weighted by Gasteiger charge is 2.09. The molecule has 0 fully saturated rings. The molecule has 114 valence electrons. The number of amides is 1. The van der Waals surface area contributed by atoms with Gasteiger partial charge in [0.1, 0.15) is 0 Å². The number of aromatic nitrogens is 1. The van der Waals surface area contributed by atoms with Gasteiger partial charge < -0.3 is 15.0 Å². The molecule has 2 rings (SSSR count). The van der Waals surface area contributed by atoms with Gasteiger partial charge in [-0.15, -0.1) is 0 Å².